The van der Waals surface area contributed by atoms with Gasteiger partial charge in [-0.25, -0.2) is 23.5 Å². The average Bonchev–Trinajstić information content (AvgIpc) is 3.47. The molecule has 38 heavy (non-hydrogen) atoms. The molecule has 0 aliphatic heterocycles. The Balaban J connectivity index is 1.24. The van der Waals surface area contributed by atoms with E-state index in [2.05, 4.69) is 29.3 Å². The highest BCUT2D eigenvalue weighted by molar-refractivity contribution is 7.89. The van der Waals surface area contributed by atoms with Gasteiger partial charge in [-0.15, -0.1) is 0 Å². The van der Waals surface area contributed by atoms with Gasteiger partial charge in [-0.3, -0.25) is 9.69 Å². The van der Waals surface area contributed by atoms with Crippen LogP contribution in [-0.4, -0.2) is 44.9 Å². The lowest BCUT2D eigenvalue weighted by Gasteiger charge is -2.21. The maximum Gasteiger partial charge on any atom is 0.238 e. The summed E-state index contributed by atoms with van der Waals surface area (Å²) in [6, 6.07) is 5.88. The normalized spacial score (nSPS) is 11.8. The van der Waals surface area contributed by atoms with Crippen molar-refractivity contribution in [3.8, 4) is 0 Å². The number of aryl methyl sites for hydroxylation is 2. The Morgan fingerprint density at radius 3 is 1.82 bits per heavy atom. The predicted octanol–water partition coefficient (Wildman–Crippen LogP) is 3.95. The van der Waals surface area contributed by atoms with Crippen molar-refractivity contribution in [2.45, 2.75) is 75.8 Å². The molecule has 3 rings (SSSR count). The van der Waals surface area contributed by atoms with Gasteiger partial charge >= 0.3 is 0 Å². The fourth-order valence-electron chi connectivity index (χ4n) is 4.34. The van der Waals surface area contributed by atoms with Gasteiger partial charge in [0, 0.05) is 51.0 Å². The van der Waals surface area contributed by atoms with Crippen LogP contribution in [-0.2, 0) is 42.0 Å². The zero-order chi connectivity index (χ0) is 27.4. The largest absolute Gasteiger partial charge is 0.337 e. The van der Waals surface area contributed by atoms with Crippen molar-refractivity contribution in [2.75, 3.05) is 11.9 Å². The third-order valence-electron chi connectivity index (χ3n) is 6.67. The molecule has 0 saturated carbocycles. The first-order valence-corrected chi connectivity index (χ1v) is 14.8. The lowest BCUT2D eigenvalue weighted by molar-refractivity contribution is -0.116. The van der Waals surface area contributed by atoms with Gasteiger partial charge in [-0.2, -0.15) is 0 Å². The number of imidazole rings is 2. The van der Waals surface area contributed by atoms with Crippen molar-refractivity contribution in [2.24, 2.45) is 19.2 Å². The highest BCUT2D eigenvalue weighted by atomic mass is 32.2. The highest BCUT2D eigenvalue weighted by Gasteiger charge is 2.12. The van der Waals surface area contributed by atoms with Crippen molar-refractivity contribution in [1.29, 1.82) is 0 Å². The second-order valence-electron chi connectivity index (χ2n) is 9.82. The molecule has 2 heterocycles. The summed E-state index contributed by atoms with van der Waals surface area (Å²) < 4.78 is 26.8. The molecule has 0 fully saturated rings. The molecular formula is C27H41N7O3S. The van der Waals surface area contributed by atoms with Gasteiger partial charge in [0.05, 0.1) is 18.0 Å². The fourth-order valence-corrected chi connectivity index (χ4v) is 4.86. The fraction of sp³-hybridized carbons (Fsp3) is 0.519. The van der Waals surface area contributed by atoms with Crippen LogP contribution in [0.2, 0.25) is 0 Å². The number of anilines is 1. The van der Waals surface area contributed by atoms with Crippen molar-refractivity contribution in [3.05, 3.63) is 60.7 Å². The number of nitrogens with one attached hydrogen (secondary N) is 1. The quantitative estimate of drug-likeness (QED) is 0.248. The maximum atomic E-state index is 12.1. The number of benzene rings is 1. The number of carbonyl (C=O) groups excluding carboxylic acids is 1. The molecule has 1 aromatic carbocycles. The third-order valence-corrected chi connectivity index (χ3v) is 7.60. The van der Waals surface area contributed by atoms with Gasteiger partial charge in [0.15, 0.2) is 0 Å². The van der Waals surface area contributed by atoms with E-state index in [-0.39, 0.29) is 10.8 Å². The lowest BCUT2D eigenvalue weighted by atomic mass is 10.1. The molecule has 3 N–H and O–H groups in total. The molecular weight excluding hydrogens is 502 g/mol. The standard InChI is InChI=1S/C27H41N7O3S/c1-32-19-16-29-25(32)21-34(22-26-30-17-20-33(26)2)18-10-8-6-4-3-5-7-9-11-27(35)31-23-12-14-24(15-13-23)38(28,36)37/h12-17,19-20H,3-11,18,21-22H2,1-2H3,(H,31,35)(H2,28,36,37). The zero-order valence-electron chi connectivity index (χ0n) is 22.6. The van der Waals surface area contributed by atoms with Crippen LogP contribution in [0.4, 0.5) is 5.69 Å². The van der Waals surface area contributed by atoms with Crippen LogP contribution in [0, 0.1) is 0 Å². The molecule has 0 aliphatic rings. The first-order chi connectivity index (χ1) is 18.2. The summed E-state index contributed by atoms with van der Waals surface area (Å²) in [7, 11) is 0.339. The SMILES string of the molecule is Cn1ccnc1CN(CCCCCCCCCCC(=O)Nc1ccc(S(N)(=O)=O)cc1)Cc1nccn1C. The van der Waals surface area contributed by atoms with E-state index in [0.717, 1.165) is 57.0 Å². The van der Waals surface area contributed by atoms with E-state index in [1.54, 1.807) is 12.1 Å². The Morgan fingerprint density at radius 2 is 1.34 bits per heavy atom. The number of sulfonamides is 1. The summed E-state index contributed by atoms with van der Waals surface area (Å²) in [4.78, 5) is 23.6. The summed E-state index contributed by atoms with van der Waals surface area (Å²) in [6.45, 7) is 2.63. The minimum atomic E-state index is -3.73. The average molecular weight is 544 g/mol. The lowest BCUT2D eigenvalue weighted by Crippen LogP contribution is -2.27. The summed E-state index contributed by atoms with van der Waals surface area (Å²) in [6.07, 6.45) is 17.1. The number of nitrogens with zero attached hydrogens (tertiary/aromatic N) is 5. The van der Waals surface area contributed by atoms with Crippen LogP contribution < -0.4 is 10.5 Å². The second-order valence-corrected chi connectivity index (χ2v) is 11.4. The molecule has 0 atom stereocenters. The zero-order valence-corrected chi connectivity index (χ0v) is 23.4. The first kappa shape index (κ1) is 29.5. The summed E-state index contributed by atoms with van der Waals surface area (Å²) in [5, 5.41) is 7.89. The Bertz CT molecular complexity index is 1190. The Hall–Kier alpha value is -3.02. The van der Waals surface area contributed by atoms with Crippen molar-refractivity contribution < 1.29 is 13.2 Å². The number of unbranched alkanes of at least 4 members (excludes halogenated alkanes) is 7. The molecule has 0 unspecified atom stereocenters. The predicted molar refractivity (Wildman–Crippen MR) is 149 cm³/mol. The molecule has 10 nitrogen and oxygen atoms in total. The summed E-state index contributed by atoms with van der Waals surface area (Å²) in [5.41, 5.74) is 0.570. The monoisotopic (exact) mass is 543 g/mol. The molecule has 0 aliphatic carbocycles. The van der Waals surface area contributed by atoms with Crippen molar-refractivity contribution in [1.82, 2.24) is 24.0 Å². The molecule has 11 heteroatoms. The van der Waals surface area contributed by atoms with Crippen LogP contribution in [0.5, 0.6) is 0 Å². The van der Waals surface area contributed by atoms with E-state index in [9.17, 15) is 13.2 Å². The first-order valence-electron chi connectivity index (χ1n) is 13.3. The van der Waals surface area contributed by atoms with Gasteiger partial charge in [0.25, 0.3) is 0 Å². The van der Waals surface area contributed by atoms with E-state index in [1.165, 1.54) is 37.8 Å². The van der Waals surface area contributed by atoms with Gasteiger partial charge in [0.2, 0.25) is 15.9 Å². The Labute approximate surface area is 226 Å². The number of hydrogen-bond donors (Lipinski definition) is 2. The van der Waals surface area contributed by atoms with Crippen LogP contribution in [0.25, 0.3) is 0 Å². The van der Waals surface area contributed by atoms with Crippen LogP contribution in [0.3, 0.4) is 0 Å². The van der Waals surface area contributed by atoms with Crippen LogP contribution in [0.15, 0.2) is 53.9 Å². The number of primary sulfonamides is 1. The molecule has 0 radical (unpaired) electrons. The molecule has 1 amide bonds. The van der Waals surface area contributed by atoms with Gasteiger partial charge < -0.3 is 14.5 Å². The second kappa shape index (κ2) is 14.8. The minimum absolute atomic E-state index is 0.0293. The number of nitrogens with two attached hydrogens (primary N) is 1. The van der Waals surface area contributed by atoms with E-state index >= 15 is 0 Å². The number of amides is 1. The topological polar surface area (TPSA) is 128 Å². The number of hydrogen-bond acceptors (Lipinski definition) is 6. The highest BCUT2D eigenvalue weighted by Crippen LogP contribution is 2.15. The summed E-state index contributed by atoms with van der Waals surface area (Å²) in [5.74, 6) is 2.06. The molecule has 3 aromatic rings. The van der Waals surface area contributed by atoms with E-state index in [1.807, 2.05) is 38.9 Å². The van der Waals surface area contributed by atoms with Crippen molar-refractivity contribution in [3.63, 3.8) is 0 Å². The third kappa shape index (κ3) is 10.0. The number of carbonyl (C=O) groups is 1. The number of rotatable bonds is 17. The number of aromatic nitrogens is 4. The van der Waals surface area contributed by atoms with Gasteiger partial charge in [-0.1, -0.05) is 38.5 Å². The van der Waals surface area contributed by atoms with Gasteiger partial charge in [0.1, 0.15) is 11.6 Å². The van der Waals surface area contributed by atoms with E-state index in [0.29, 0.717) is 12.1 Å². The molecule has 208 valence electrons. The molecule has 2 aromatic heterocycles. The van der Waals surface area contributed by atoms with Gasteiger partial charge in [-0.05, 0) is 43.7 Å². The molecule has 0 bridgehead atoms. The minimum Gasteiger partial charge on any atom is -0.337 e. The van der Waals surface area contributed by atoms with E-state index < -0.39 is 10.0 Å². The van der Waals surface area contributed by atoms with Crippen molar-refractivity contribution >= 4 is 21.6 Å². The van der Waals surface area contributed by atoms with E-state index in [4.69, 9.17) is 5.14 Å². The summed E-state index contributed by atoms with van der Waals surface area (Å²) >= 11 is 0. The Morgan fingerprint density at radius 1 is 0.842 bits per heavy atom. The van der Waals surface area contributed by atoms with Crippen LogP contribution >= 0.6 is 0 Å². The maximum absolute atomic E-state index is 12.1. The molecule has 0 saturated heterocycles. The smallest absolute Gasteiger partial charge is 0.238 e. The van der Waals surface area contributed by atoms with Crippen LogP contribution in [0.1, 0.15) is 69.4 Å². The Kier molecular flexibility index (Phi) is 11.5. The molecule has 0 spiro atoms.